The summed E-state index contributed by atoms with van der Waals surface area (Å²) in [7, 11) is 0. The number of halogens is 1. The van der Waals surface area contributed by atoms with Gasteiger partial charge in [0.05, 0.1) is 0 Å². The van der Waals surface area contributed by atoms with Crippen LogP contribution in [-0.2, 0) is 4.74 Å². The van der Waals surface area contributed by atoms with E-state index < -0.39 is 0 Å². The molecule has 1 atom stereocenters. The summed E-state index contributed by atoms with van der Waals surface area (Å²) in [6.07, 6.45) is 0.0633. The van der Waals surface area contributed by atoms with Crippen LogP contribution in [-0.4, -0.2) is 24.2 Å². The fourth-order valence-corrected chi connectivity index (χ4v) is 2.63. The first-order chi connectivity index (χ1) is 10.3. The number of hydrogen-bond donors (Lipinski definition) is 0. The Kier molecular flexibility index (Phi) is 8.18. The first-order valence-electron chi connectivity index (χ1n) is 7.75. The zero-order chi connectivity index (χ0) is 15.1. The van der Waals surface area contributed by atoms with Crippen LogP contribution in [0.25, 0.3) is 0 Å². The van der Waals surface area contributed by atoms with Gasteiger partial charge in [-0.15, -0.1) is 12.4 Å². The van der Waals surface area contributed by atoms with Crippen molar-refractivity contribution in [2.45, 2.75) is 33.1 Å². The van der Waals surface area contributed by atoms with Gasteiger partial charge in [-0.3, -0.25) is 4.90 Å². The molecule has 0 spiro atoms. The van der Waals surface area contributed by atoms with Gasteiger partial charge in [0.2, 0.25) is 0 Å². The van der Waals surface area contributed by atoms with E-state index in [0.29, 0.717) is 0 Å². The highest BCUT2D eigenvalue weighted by molar-refractivity contribution is 5.85. The van der Waals surface area contributed by atoms with Crippen LogP contribution in [0, 0.1) is 0 Å². The van der Waals surface area contributed by atoms with E-state index in [2.05, 4.69) is 74.2 Å². The van der Waals surface area contributed by atoms with Crippen molar-refractivity contribution in [2.75, 3.05) is 13.1 Å². The monoisotopic (exact) mass is 319 g/mol. The molecular formula is C19H26ClNO. The molecule has 0 radical (unpaired) electrons. The molecule has 0 aromatic heterocycles. The smallest absolute Gasteiger partial charge is 0.110 e. The highest BCUT2D eigenvalue weighted by Gasteiger charge is 2.20. The molecule has 1 unspecified atom stereocenters. The highest BCUT2D eigenvalue weighted by atomic mass is 35.5. The first-order valence-corrected chi connectivity index (χ1v) is 7.75. The topological polar surface area (TPSA) is 12.5 Å². The molecular weight excluding hydrogens is 294 g/mol. The van der Waals surface area contributed by atoms with Crippen molar-refractivity contribution in [2.24, 2.45) is 0 Å². The van der Waals surface area contributed by atoms with Gasteiger partial charge in [0.15, 0.2) is 0 Å². The van der Waals surface area contributed by atoms with Crippen LogP contribution in [0.5, 0.6) is 0 Å². The van der Waals surface area contributed by atoms with Crippen molar-refractivity contribution >= 4 is 12.4 Å². The van der Waals surface area contributed by atoms with Gasteiger partial charge in [0.25, 0.3) is 0 Å². The van der Waals surface area contributed by atoms with Gasteiger partial charge in [0.1, 0.15) is 12.3 Å². The maximum Gasteiger partial charge on any atom is 0.110 e. The van der Waals surface area contributed by atoms with Gasteiger partial charge in [0, 0.05) is 0 Å². The highest BCUT2D eigenvalue weighted by Crippen LogP contribution is 2.27. The van der Waals surface area contributed by atoms with E-state index in [1.807, 2.05) is 12.1 Å². The molecule has 0 heterocycles. The van der Waals surface area contributed by atoms with Crippen molar-refractivity contribution in [1.29, 1.82) is 0 Å². The summed E-state index contributed by atoms with van der Waals surface area (Å²) >= 11 is 0. The molecule has 2 aromatic rings. The fraction of sp³-hybridized carbons (Fsp3) is 0.368. The molecule has 120 valence electrons. The number of nitrogens with zero attached hydrogens (tertiary/aromatic N) is 1. The lowest BCUT2D eigenvalue weighted by atomic mass is 10.0. The van der Waals surface area contributed by atoms with E-state index in [1.54, 1.807) is 0 Å². The van der Waals surface area contributed by atoms with Crippen LogP contribution in [0.3, 0.4) is 0 Å². The molecule has 0 aliphatic rings. The largest absolute Gasteiger partial charge is 0.351 e. The Bertz CT molecular complexity index is 474. The summed E-state index contributed by atoms with van der Waals surface area (Å²) in [4.78, 5) is 2.32. The number of rotatable bonds is 7. The average Bonchev–Trinajstić information content (AvgIpc) is 2.55. The van der Waals surface area contributed by atoms with Gasteiger partial charge in [-0.25, -0.2) is 0 Å². The molecule has 0 bridgehead atoms. The Morgan fingerprint density at radius 2 is 1.23 bits per heavy atom. The fourth-order valence-electron chi connectivity index (χ4n) is 2.63. The first kappa shape index (κ1) is 18.7. The normalized spacial score (nSPS) is 12.2. The average molecular weight is 320 g/mol. The van der Waals surface area contributed by atoms with Crippen molar-refractivity contribution < 1.29 is 4.74 Å². The molecule has 0 aliphatic carbocycles. The van der Waals surface area contributed by atoms with E-state index in [-0.39, 0.29) is 24.7 Å². The third-order valence-electron chi connectivity index (χ3n) is 3.86. The van der Waals surface area contributed by atoms with Crippen molar-refractivity contribution in [1.82, 2.24) is 4.90 Å². The maximum absolute atomic E-state index is 6.39. The van der Waals surface area contributed by atoms with Crippen LogP contribution in [0.4, 0.5) is 0 Å². The molecule has 2 aromatic carbocycles. The minimum Gasteiger partial charge on any atom is -0.351 e. The van der Waals surface area contributed by atoms with E-state index >= 15 is 0 Å². The Hall–Kier alpha value is -1.35. The van der Waals surface area contributed by atoms with Gasteiger partial charge in [-0.2, -0.15) is 0 Å². The quantitative estimate of drug-likeness (QED) is 0.673. The summed E-state index contributed by atoms with van der Waals surface area (Å²) in [5, 5.41) is 0. The Labute approximate surface area is 140 Å². The van der Waals surface area contributed by atoms with E-state index in [0.717, 1.165) is 13.1 Å². The van der Waals surface area contributed by atoms with Gasteiger partial charge >= 0.3 is 0 Å². The van der Waals surface area contributed by atoms with Gasteiger partial charge in [-0.1, -0.05) is 74.5 Å². The van der Waals surface area contributed by atoms with Crippen LogP contribution >= 0.6 is 12.4 Å². The SMILES string of the molecule is CCN(CC)C(C)OC(c1ccccc1)c1ccccc1.Cl. The van der Waals surface area contributed by atoms with Crippen molar-refractivity contribution in [3.8, 4) is 0 Å². The summed E-state index contributed by atoms with van der Waals surface area (Å²) in [6, 6.07) is 20.9. The predicted molar refractivity (Wildman–Crippen MR) is 95.4 cm³/mol. The summed E-state index contributed by atoms with van der Waals surface area (Å²) in [5.74, 6) is 0. The lowest BCUT2D eigenvalue weighted by Gasteiger charge is -2.31. The molecule has 0 amide bonds. The molecule has 22 heavy (non-hydrogen) atoms. The second-order valence-electron chi connectivity index (χ2n) is 5.16. The zero-order valence-corrected chi connectivity index (χ0v) is 14.4. The Balaban J connectivity index is 0.00000242. The minimum atomic E-state index is -0.0250. The Morgan fingerprint density at radius 1 is 0.818 bits per heavy atom. The molecule has 0 saturated carbocycles. The van der Waals surface area contributed by atoms with Crippen LogP contribution < -0.4 is 0 Å². The van der Waals surface area contributed by atoms with E-state index in [9.17, 15) is 0 Å². The molecule has 0 aliphatic heterocycles. The molecule has 2 nitrogen and oxygen atoms in total. The number of benzene rings is 2. The summed E-state index contributed by atoms with van der Waals surface area (Å²) in [5.41, 5.74) is 2.39. The standard InChI is InChI=1S/C19H25NO.ClH/c1-4-20(5-2)16(3)21-19(17-12-8-6-9-13-17)18-14-10-7-11-15-18;/h6-16,19H,4-5H2,1-3H3;1H. The molecule has 0 saturated heterocycles. The zero-order valence-electron chi connectivity index (χ0n) is 13.6. The minimum absolute atomic E-state index is 0. The Morgan fingerprint density at radius 3 is 1.59 bits per heavy atom. The number of ether oxygens (including phenoxy) is 1. The third-order valence-corrected chi connectivity index (χ3v) is 3.86. The maximum atomic E-state index is 6.39. The third kappa shape index (κ3) is 4.84. The van der Waals surface area contributed by atoms with Crippen molar-refractivity contribution in [3.63, 3.8) is 0 Å². The summed E-state index contributed by atoms with van der Waals surface area (Å²) < 4.78 is 6.39. The van der Waals surface area contributed by atoms with Crippen LogP contribution in [0.15, 0.2) is 60.7 Å². The molecule has 2 rings (SSSR count). The van der Waals surface area contributed by atoms with Crippen LogP contribution in [0.2, 0.25) is 0 Å². The van der Waals surface area contributed by atoms with Gasteiger partial charge in [-0.05, 0) is 31.1 Å². The number of hydrogen-bond acceptors (Lipinski definition) is 2. The predicted octanol–water partition coefficient (Wildman–Crippen LogP) is 4.90. The molecule has 0 N–H and O–H groups in total. The van der Waals surface area contributed by atoms with E-state index in [4.69, 9.17) is 4.74 Å². The van der Waals surface area contributed by atoms with Crippen LogP contribution in [0.1, 0.15) is 38.0 Å². The molecule has 0 fully saturated rings. The molecule has 3 heteroatoms. The lowest BCUT2D eigenvalue weighted by Crippen LogP contribution is -2.35. The van der Waals surface area contributed by atoms with E-state index in [1.165, 1.54) is 11.1 Å². The van der Waals surface area contributed by atoms with Gasteiger partial charge < -0.3 is 4.74 Å². The second-order valence-corrected chi connectivity index (χ2v) is 5.16. The van der Waals surface area contributed by atoms with Crippen molar-refractivity contribution in [3.05, 3.63) is 71.8 Å². The lowest BCUT2D eigenvalue weighted by molar-refractivity contribution is -0.0732. The second kappa shape index (κ2) is 9.62. The summed E-state index contributed by atoms with van der Waals surface area (Å²) in [6.45, 7) is 8.46.